The van der Waals surface area contributed by atoms with Gasteiger partial charge in [-0.05, 0) is 31.5 Å². The summed E-state index contributed by atoms with van der Waals surface area (Å²) < 4.78 is 4.91. The molecule has 0 aliphatic carbocycles. The third-order valence-corrected chi connectivity index (χ3v) is 3.91. The zero-order valence-electron chi connectivity index (χ0n) is 15.4. The first-order valence-corrected chi connectivity index (χ1v) is 8.61. The van der Waals surface area contributed by atoms with Crippen LogP contribution in [0.2, 0.25) is 0 Å². The van der Waals surface area contributed by atoms with Crippen molar-refractivity contribution >= 4 is 11.8 Å². The number of amides is 2. The summed E-state index contributed by atoms with van der Waals surface area (Å²) in [4.78, 5) is 30.9. The number of methoxy groups -OCH3 is 1. The lowest BCUT2D eigenvalue weighted by atomic mass is 10.1. The van der Waals surface area contributed by atoms with Crippen LogP contribution in [0.4, 0.5) is 0 Å². The maximum Gasteiger partial charge on any atom is 0.269 e. The predicted molar refractivity (Wildman–Crippen MR) is 99.9 cm³/mol. The molecule has 1 N–H and O–H groups in total. The molecule has 2 rings (SSSR count). The van der Waals surface area contributed by atoms with Gasteiger partial charge < -0.3 is 15.0 Å². The van der Waals surface area contributed by atoms with E-state index >= 15 is 0 Å². The van der Waals surface area contributed by atoms with Gasteiger partial charge in [-0.15, -0.1) is 0 Å². The Labute approximate surface area is 154 Å². The standard InChI is InChI=1S/C20H25N3O3/c1-15(2)23(14-16-7-5-4-6-8-16)20(25)17-9-10-21-18(13-17)19(24)22-11-12-26-3/h4-10,13,15H,11-12,14H2,1-3H3,(H,22,24). The van der Waals surface area contributed by atoms with Gasteiger partial charge in [-0.2, -0.15) is 0 Å². The van der Waals surface area contributed by atoms with Crippen molar-refractivity contribution in [2.45, 2.75) is 26.4 Å². The SMILES string of the molecule is COCCNC(=O)c1cc(C(=O)N(Cc2ccccc2)C(C)C)ccn1. The molecular formula is C20H25N3O3. The van der Waals surface area contributed by atoms with Gasteiger partial charge in [0.15, 0.2) is 0 Å². The summed E-state index contributed by atoms with van der Waals surface area (Å²) in [6, 6.07) is 13.0. The molecule has 0 radical (unpaired) electrons. The summed E-state index contributed by atoms with van der Waals surface area (Å²) in [5.74, 6) is -0.451. The smallest absolute Gasteiger partial charge is 0.269 e. The number of carbonyl (C=O) groups is 2. The lowest BCUT2D eigenvalue weighted by molar-refractivity contribution is 0.0690. The summed E-state index contributed by atoms with van der Waals surface area (Å²) in [6.07, 6.45) is 1.49. The molecule has 2 amide bonds. The van der Waals surface area contributed by atoms with Crippen LogP contribution in [-0.2, 0) is 11.3 Å². The molecule has 0 unspecified atom stereocenters. The van der Waals surface area contributed by atoms with E-state index in [9.17, 15) is 9.59 Å². The number of pyridine rings is 1. The fourth-order valence-corrected chi connectivity index (χ4v) is 2.48. The van der Waals surface area contributed by atoms with Crippen molar-refractivity contribution in [1.82, 2.24) is 15.2 Å². The van der Waals surface area contributed by atoms with E-state index in [1.165, 1.54) is 12.3 Å². The van der Waals surface area contributed by atoms with E-state index in [2.05, 4.69) is 10.3 Å². The molecule has 0 saturated carbocycles. The second kappa shape index (κ2) is 9.68. The molecule has 2 aromatic rings. The van der Waals surface area contributed by atoms with E-state index in [1.54, 1.807) is 18.1 Å². The van der Waals surface area contributed by atoms with Gasteiger partial charge in [0.05, 0.1) is 6.61 Å². The Morgan fingerprint density at radius 2 is 1.92 bits per heavy atom. The molecule has 138 valence electrons. The van der Waals surface area contributed by atoms with Crippen molar-refractivity contribution < 1.29 is 14.3 Å². The molecule has 0 spiro atoms. The van der Waals surface area contributed by atoms with Crippen LogP contribution in [0.15, 0.2) is 48.7 Å². The highest BCUT2D eigenvalue weighted by Gasteiger charge is 2.20. The fraction of sp³-hybridized carbons (Fsp3) is 0.350. The number of rotatable bonds is 8. The van der Waals surface area contributed by atoms with E-state index in [0.717, 1.165) is 5.56 Å². The molecule has 0 fully saturated rings. The Hall–Kier alpha value is -2.73. The van der Waals surface area contributed by atoms with E-state index in [-0.39, 0.29) is 23.6 Å². The number of nitrogens with one attached hydrogen (secondary N) is 1. The second-order valence-electron chi connectivity index (χ2n) is 6.19. The summed E-state index contributed by atoms with van der Waals surface area (Å²) in [7, 11) is 1.57. The molecule has 26 heavy (non-hydrogen) atoms. The van der Waals surface area contributed by atoms with Gasteiger partial charge in [0, 0.05) is 38.0 Å². The van der Waals surface area contributed by atoms with Crippen LogP contribution < -0.4 is 5.32 Å². The number of carbonyl (C=O) groups excluding carboxylic acids is 2. The Morgan fingerprint density at radius 1 is 1.19 bits per heavy atom. The third kappa shape index (κ3) is 5.39. The van der Waals surface area contributed by atoms with E-state index in [0.29, 0.717) is 25.3 Å². The van der Waals surface area contributed by atoms with Crippen molar-refractivity contribution in [3.05, 3.63) is 65.5 Å². The lowest BCUT2D eigenvalue weighted by Gasteiger charge is -2.27. The quantitative estimate of drug-likeness (QED) is 0.739. The lowest BCUT2D eigenvalue weighted by Crippen LogP contribution is -2.36. The number of hydrogen-bond acceptors (Lipinski definition) is 4. The predicted octanol–water partition coefficient (Wildman–Crippen LogP) is 2.51. The van der Waals surface area contributed by atoms with Crippen LogP contribution in [0.5, 0.6) is 0 Å². The van der Waals surface area contributed by atoms with Crippen LogP contribution in [0.3, 0.4) is 0 Å². The van der Waals surface area contributed by atoms with Gasteiger partial charge in [0.25, 0.3) is 11.8 Å². The van der Waals surface area contributed by atoms with E-state index in [1.807, 2.05) is 44.2 Å². The number of nitrogens with zero attached hydrogens (tertiary/aromatic N) is 2. The van der Waals surface area contributed by atoms with Crippen LogP contribution in [0.1, 0.15) is 40.3 Å². The highest BCUT2D eigenvalue weighted by atomic mass is 16.5. The van der Waals surface area contributed by atoms with E-state index in [4.69, 9.17) is 4.74 Å². The van der Waals surface area contributed by atoms with Crippen molar-refractivity contribution in [1.29, 1.82) is 0 Å². The largest absolute Gasteiger partial charge is 0.383 e. The molecule has 0 saturated heterocycles. The van der Waals surface area contributed by atoms with Crippen LogP contribution in [0, 0.1) is 0 Å². The monoisotopic (exact) mass is 355 g/mol. The normalized spacial score (nSPS) is 10.6. The van der Waals surface area contributed by atoms with Crippen LogP contribution in [0.25, 0.3) is 0 Å². The van der Waals surface area contributed by atoms with Gasteiger partial charge in [-0.25, -0.2) is 0 Å². The minimum absolute atomic E-state index is 0.0230. The van der Waals surface area contributed by atoms with Crippen molar-refractivity contribution in [3.63, 3.8) is 0 Å². The van der Waals surface area contributed by atoms with Gasteiger partial charge in [0.1, 0.15) is 5.69 Å². The Bertz CT molecular complexity index is 732. The maximum absolute atomic E-state index is 13.0. The van der Waals surface area contributed by atoms with E-state index < -0.39 is 0 Å². The second-order valence-corrected chi connectivity index (χ2v) is 6.19. The number of aromatic nitrogens is 1. The molecule has 1 aromatic carbocycles. The van der Waals surface area contributed by atoms with Crippen molar-refractivity contribution in [2.24, 2.45) is 0 Å². The maximum atomic E-state index is 13.0. The van der Waals surface area contributed by atoms with Crippen LogP contribution >= 0.6 is 0 Å². The van der Waals surface area contributed by atoms with Gasteiger partial charge >= 0.3 is 0 Å². The summed E-state index contributed by atoms with van der Waals surface area (Å²) in [6.45, 7) is 5.26. The highest BCUT2D eigenvalue weighted by Crippen LogP contribution is 2.14. The Balaban J connectivity index is 2.15. The summed E-state index contributed by atoms with van der Waals surface area (Å²) >= 11 is 0. The fourth-order valence-electron chi connectivity index (χ4n) is 2.48. The molecule has 6 nitrogen and oxygen atoms in total. The number of hydrogen-bond donors (Lipinski definition) is 1. The average molecular weight is 355 g/mol. The van der Waals surface area contributed by atoms with Gasteiger partial charge in [-0.1, -0.05) is 30.3 Å². The first-order valence-electron chi connectivity index (χ1n) is 8.61. The highest BCUT2D eigenvalue weighted by molar-refractivity contribution is 5.98. The zero-order chi connectivity index (χ0) is 18.9. The Kier molecular flexibility index (Phi) is 7.29. The summed E-state index contributed by atoms with van der Waals surface area (Å²) in [5, 5.41) is 2.71. The molecule has 1 aromatic heterocycles. The third-order valence-electron chi connectivity index (χ3n) is 3.91. The molecule has 1 heterocycles. The molecule has 0 aliphatic heterocycles. The molecule has 6 heteroatoms. The number of benzene rings is 1. The average Bonchev–Trinajstić information content (AvgIpc) is 2.66. The Morgan fingerprint density at radius 3 is 2.58 bits per heavy atom. The molecular weight excluding hydrogens is 330 g/mol. The van der Waals surface area contributed by atoms with Crippen LogP contribution in [-0.4, -0.2) is 48.0 Å². The first kappa shape index (κ1) is 19.6. The molecule has 0 aliphatic rings. The number of ether oxygens (including phenoxy) is 1. The summed E-state index contributed by atoms with van der Waals surface area (Å²) in [5.41, 5.74) is 1.72. The van der Waals surface area contributed by atoms with Crippen molar-refractivity contribution in [2.75, 3.05) is 20.3 Å². The topological polar surface area (TPSA) is 71.5 Å². The molecule has 0 atom stereocenters. The minimum atomic E-state index is -0.323. The van der Waals surface area contributed by atoms with Crippen molar-refractivity contribution in [3.8, 4) is 0 Å². The minimum Gasteiger partial charge on any atom is -0.383 e. The zero-order valence-corrected chi connectivity index (χ0v) is 15.4. The molecule has 0 bridgehead atoms. The van der Waals surface area contributed by atoms with Gasteiger partial charge in [0.2, 0.25) is 0 Å². The first-order chi connectivity index (χ1) is 12.5. The van der Waals surface area contributed by atoms with Gasteiger partial charge in [-0.3, -0.25) is 14.6 Å².